The summed E-state index contributed by atoms with van der Waals surface area (Å²) in [5, 5.41) is 24.0. The number of hydrogen-bond acceptors (Lipinski definition) is 4. The van der Waals surface area contributed by atoms with E-state index in [0.717, 1.165) is 5.56 Å². The molecular weight excluding hydrogens is 292 g/mol. The second kappa shape index (κ2) is 7.17. The molecular formula is C15H15ClN2O3. The number of aliphatic hydroxyl groups is 1. The number of rotatable bonds is 6. The molecule has 0 radical (unpaired) electrons. The van der Waals surface area contributed by atoms with E-state index in [1.807, 2.05) is 30.3 Å². The van der Waals surface area contributed by atoms with Crippen LogP contribution in [0.5, 0.6) is 0 Å². The first-order chi connectivity index (χ1) is 10.1. The standard InChI is InChI=1S/C15H15ClN2O3/c16-13-6-7-15(18(20)21)12(8-13)9-17-14(10-19)11-4-2-1-3-5-11/h1-8,14,17,19H,9-10H2. The van der Waals surface area contributed by atoms with Crippen LogP contribution in [0.2, 0.25) is 5.02 Å². The van der Waals surface area contributed by atoms with Crippen LogP contribution >= 0.6 is 11.6 Å². The van der Waals surface area contributed by atoms with Crippen molar-refractivity contribution in [1.82, 2.24) is 5.32 Å². The van der Waals surface area contributed by atoms with Gasteiger partial charge in [0.1, 0.15) is 0 Å². The van der Waals surface area contributed by atoms with Crippen molar-refractivity contribution in [2.45, 2.75) is 12.6 Å². The van der Waals surface area contributed by atoms with Gasteiger partial charge in [-0.05, 0) is 17.7 Å². The minimum absolute atomic E-state index is 0.0108. The molecule has 2 aromatic carbocycles. The molecule has 0 aliphatic heterocycles. The van der Waals surface area contributed by atoms with Crippen molar-refractivity contribution in [2.24, 2.45) is 0 Å². The molecule has 1 atom stereocenters. The van der Waals surface area contributed by atoms with Gasteiger partial charge in [0, 0.05) is 23.2 Å². The molecule has 0 aromatic heterocycles. The van der Waals surface area contributed by atoms with Crippen LogP contribution in [0.25, 0.3) is 0 Å². The Balaban J connectivity index is 2.15. The molecule has 2 N–H and O–H groups in total. The van der Waals surface area contributed by atoms with Crippen LogP contribution in [0.3, 0.4) is 0 Å². The molecule has 2 rings (SSSR count). The Morgan fingerprint density at radius 2 is 1.95 bits per heavy atom. The maximum Gasteiger partial charge on any atom is 0.273 e. The smallest absolute Gasteiger partial charge is 0.273 e. The number of hydrogen-bond donors (Lipinski definition) is 2. The van der Waals surface area contributed by atoms with E-state index in [9.17, 15) is 15.2 Å². The van der Waals surface area contributed by atoms with Crippen molar-refractivity contribution in [3.8, 4) is 0 Å². The highest BCUT2D eigenvalue weighted by molar-refractivity contribution is 6.30. The van der Waals surface area contributed by atoms with Crippen molar-refractivity contribution in [3.05, 3.63) is 74.8 Å². The topological polar surface area (TPSA) is 75.4 Å². The highest BCUT2D eigenvalue weighted by Crippen LogP contribution is 2.23. The number of halogens is 1. The molecule has 21 heavy (non-hydrogen) atoms. The third kappa shape index (κ3) is 4.01. The van der Waals surface area contributed by atoms with Crippen LogP contribution in [-0.4, -0.2) is 16.6 Å². The van der Waals surface area contributed by atoms with Crippen LogP contribution in [-0.2, 0) is 6.54 Å². The van der Waals surface area contributed by atoms with Crippen LogP contribution in [0, 0.1) is 10.1 Å². The highest BCUT2D eigenvalue weighted by atomic mass is 35.5. The second-order valence-electron chi connectivity index (χ2n) is 4.56. The Labute approximate surface area is 127 Å². The lowest BCUT2D eigenvalue weighted by Crippen LogP contribution is -2.24. The number of aliphatic hydroxyl groups excluding tert-OH is 1. The molecule has 6 heteroatoms. The average molecular weight is 307 g/mol. The second-order valence-corrected chi connectivity index (χ2v) is 4.99. The maximum atomic E-state index is 11.0. The molecule has 0 aliphatic rings. The molecule has 1 unspecified atom stereocenters. The molecule has 5 nitrogen and oxygen atoms in total. The lowest BCUT2D eigenvalue weighted by Gasteiger charge is -2.16. The van der Waals surface area contributed by atoms with E-state index in [4.69, 9.17) is 11.6 Å². The lowest BCUT2D eigenvalue weighted by molar-refractivity contribution is -0.385. The quantitative estimate of drug-likeness (QED) is 0.635. The van der Waals surface area contributed by atoms with Crippen molar-refractivity contribution in [3.63, 3.8) is 0 Å². The lowest BCUT2D eigenvalue weighted by atomic mass is 10.1. The average Bonchev–Trinajstić information content (AvgIpc) is 2.48. The van der Waals surface area contributed by atoms with Gasteiger partial charge in [0.2, 0.25) is 0 Å². The molecule has 0 heterocycles. The first-order valence-electron chi connectivity index (χ1n) is 6.44. The maximum absolute atomic E-state index is 11.0. The highest BCUT2D eigenvalue weighted by Gasteiger charge is 2.16. The van der Waals surface area contributed by atoms with Gasteiger partial charge < -0.3 is 10.4 Å². The van der Waals surface area contributed by atoms with Gasteiger partial charge in [-0.2, -0.15) is 0 Å². The van der Waals surface area contributed by atoms with Crippen LogP contribution in [0.15, 0.2) is 48.5 Å². The third-order valence-corrected chi connectivity index (χ3v) is 3.40. The molecule has 0 amide bonds. The monoisotopic (exact) mass is 306 g/mol. The number of nitro groups is 1. The molecule has 110 valence electrons. The predicted octanol–water partition coefficient (Wildman–Crippen LogP) is 3.07. The number of benzene rings is 2. The number of nitrogens with zero attached hydrogens (tertiary/aromatic N) is 1. The summed E-state index contributed by atoms with van der Waals surface area (Å²) >= 11 is 5.89. The van der Waals surface area contributed by atoms with Gasteiger partial charge in [-0.1, -0.05) is 41.9 Å². The summed E-state index contributed by atoms with van der Waals surface area (Å²) in [6, 6.07) is 13.6. The Morgan fingerprint density at radius 1 is 1.24 bits per heavy atom. The van der Waals surface area contributed by atoms with E-state index in [1.54, 1.807) is 6.07 Å². The molecule has 0 aliphatic carbocycles. The summed E-state index contributed by atoms with van der Waals surface area (Å²) in [7, 11) is 0. The Hall–Kier alpha value is -1.95. The zero-order valence-corrected chi connectivity index (χ0v) is 12.0. The summed E-state index contributed by atoms with van der Waals surface area (Å²) < 4.78 is 0. The van der Waals surface area contributed by atoms with E-state index in [-0.39, 0.29) is 24.9 Å². The van der Waals surface area contributed by atoms with Gasteiger partial charge in [0.05, 0.1) is 17.6 Å². The largest absolute Gasteiger partial charge is 0.394 e. The molecule has 0 bridgehead atoms. The molecule has 0 spiro atoms. The fourth-order valence-electron chi connectivity index (χ4n) is 2.08. The summed E-state index contributed by atoms with van der Waals surface area (Å²) in [5.41, 5.74) is 1.42. The van der Waals surface area contributed by atoms with Gasteiger partial charge >= 0.3 is 0 Å². The van der Waals surface area contributed by atoms with E-state index < -0.39 is 4.92 Å². The zero-order chi connectivity index (χ0) is 15.2. The number of nitrogens with one attached hydrogen (secondary N) is 1. The summed E-state index contributed by atoms with van der Waals surface area (Å²) in [6.45, 7) is 0.148. The van der Waals surface area contributed by atoms with Crippen molar-refractivity contribution >= 4 is 17.3 Å². The SMILES string of the molecule is O=[N+]([O-])c1ccc(Cl)cc1CNC(CO)c1ccccc1. The van der Waals surface area contributed by atoms with E-state index in [0.29, 0.717) is 10.6 Å². The van der Waals surface area contributed by atoms with E-state index >= 15 is 0 Å². The summed E-state index contributed by atoms with van der Waals surface area (Å²) in [6.07, 6.45) is 0. The van der Waals surface area contributed by atoms with Gasteiger partial charge in [-0.25, -0.2) is 0 Å². The minimum atomic E-state index is -0.441. The van der Waals surface area contributed by atoms with Crippen LogP contribution in [0.1, 0.15) is 17.2 Å². The summed E-state index contributed by atoms with van der Waals surface area (Å²) in [5.74, 6) is 0. The van der Waals surface area contributed by atoms with Crippen molar-refractivity contribution in [1.29, 1.82) is 0 Å². The molecule has 0 saturated carbocycles. The normalized spacial score (nSPS) is 12.1. The van der Waals surface area contributed by atoms with Gasteiger partial charge in [0.25, 0.3) is 5.69 Å². The summed E-state index contributed by atoms with van der Waals surface area (Å²) in [4.78, 5) is 10.6. The first kappa shape index (κ1) is 15.4. The fraction of sp³-hybridized carbons (Fsp3) is 0.200. The number of nitro benzene ring substituents is 1. The predicted molar refractivity (Wildman–Crippen MR) is 81.2 cm³/mol. The zero-order valence-electron chi connectivity index (χ0n) is 11.2. The fourth-order valence-corrected chi connectivity index (χ4v) is 2.27. The van der Waals surface area contributed by atoms with Gasteiger partial charge in [-0.15, -0.1) is 0 Å². The Bertz CT molecular complexity index is 620. The Morgan fingerprint density at radius 3 is 2.57 bits per heavy atom. The molecule has 0 saturated heterocycles. The van der Waals surface area contributed by atoms with Crippen molar-refractivity contribution in [2.75, 3.05) is 6.61 Å². The Kier molecular flexibility index (Phi) is 5.27. The minimum Gasteiger partial charge on any atom is -0.394 e. The first-order valence-corrected chi connectivity index (χ1v) is 6.81. The van der Waals surface area contributed by atoms with Crippen LogP contribution < -0.4 is 5.32 Å². The molecule has 2 aromatic rings. The molecule has 0 fully saturated rings. The van der Waals surface area contributed by atoms with E-state index in [1.165, 1.54) is 12.1 Å². The van der Waals surface area contributed by atoms with Gasteiger partial charge in [-0.3, -0.25) is 10.1 Å². The van der Waals surface area contributed by atoms with Crippen LogP contribution in [0.4, 0.5) is 5.69 Å². The third-order valence-electron chi connectivity index (χ3n) is 3.16. The van der Waals surface area contributed by atoms with Crippen molar-refractivity contribution < 1.29 is 10.0 Å². The van der Waals surface area contributed by atoms with Gasteiger partial charge in [0.15, 0.2) is 0 Å². The van der Waals surface area contributed by atoms with E-state index in [2.05, 4.69) is 5.32 Å².